The van der Waals surface area contributed by atoms with Crippen molar-refractivity contribution in [3.05, 3.63) is 70.1 Å². The van der Waals surface area contributed by atoms with Crippen LogP contribution in [0.25, 0.3) is 6.08 Å². The van der Waals surface area contributed by atoms with E-state index in [0.717, 1.165) is 28.5 Å². The minimum absolute atomic E-state index is 0.0288. The number of ether oxygens (including phenoxy) is 1. The Labute approximate surface area is 157 Å². The lowest BCUT2D eigenvalue weighted by molar-refractivity contribution is -0.123. The van der Waals surface area contributed by atoms with E-state index in [1.54, 1.807) is 6.08 Å². The number of para-hydroxylation sites is 1. The fourth-order valence-corrected chi connectivity index (χ4v) is 3.44. The first kappa shape index (κ1) is 18.3. The summed E-state index contributed by atoms with van der Waals surface area (Å²) in [6.07, 6.45) is 1.76. The maximum absolute atomic E-state index is 12.7. The van der Waals surface area contributed by atoms with Crippen LogP contribution in [0.2, 0.25) is 0 Å². The van der Waals surface area contributed by atoms with Gasteiger partial charge in [0.25, 0.3) is 11.1 Å². The summed E-state index contributed by atoms with van der Waals surface area (Å²) in [5.41, 5.74) is 2.87. The standard InChI is InChI=1S/C21H21NO3S/c1-14(2)25-18-7-5-4-6-17(18)12-19-20(23)22(21(24)26-19)13-16-10-8-15(3)9-11-16/h4-12,14H,13H2,1-3H3/b19-12-. The molecule has 1 saturated heterocycles. The van der Waals surface area contributed by atoms with Gasteiger partial charge in [0, 0.05) is 5.56 Å². The number of benzene rings is 2. The van der Waals surface area contributed by atoms with Crippen molar-refractivity contribution < 1.29 is 14.3 Å². The van der Waals surface area contributed by atoms with Crippen LogP contribution in [0, 0.1) is 6.92 Å². The zero-order valence-electron chi connectivity index (χ0n) is 15.1. The zero-order chi connectivity index (χ0) is 18.7. The van der Waals surface area contributed by atoms with Crippen LogP contribution in [0.15, 0.2) is 53.4 Å². The summed E-state index contributed by atoms with van der Waals surface area (Å²) in [6, 6.07) is 15.3. The van der Waals surface area contributed by atoms with Gasteiger partial charge in [0.2, 0.25) is 0 Å². The van der Waals surface area contributed by atoms with Gasteiger partial charge in [-0.15, -0.1) is 0 Å². The number of carbonyl (C=O) groups is 2. The predicted octanol–water partition coefficient (Wildman–Crippen LogP) is 5.02. The highest BCUT2D eigenvalue weighted by Gasteiger charge is 2.35. The Balaban J connectivity index is 1.82. The minimum Gasteiger partial charge on any atom is -0.490 e. The Morgan fingerprint density at radius 1 is 1.08 bits per heavy atom. The quantitative estimate of drug-likeness (QED) is 0.696. The van der Waals surface area contributed by atoms with Crippen molar-refractivity contribution in [1.82, 2.24) is 4.90 Å². The summed E-state index contributed by atoms with van der Waals surface area (Å²) in [5.74, 6) is 0.438. The van der Waals surface area contributed by atoms with Gasteiger partial charge in [-0.3, -0.25) is 14.5 Å². The van der Waals surface area contributed by atoms with Crippen LogP contribution in [-0.2, 0) is 11.3 Å². The Morgan fingerprint density at radius 3 is 2.46 bits per heavy atom. The fraction of sp³-hybridized carbons (Fsp3) is 0.238. The molecule has 0 spiro atoms. The van der Waals surface area contributed by atoms with Crippen LogP contribution in [0.4, 0.5) is 4.79 Å². The second kappa shape index (κ2) is 7.79. The molecule has 1 heterocycles. The molecule has 2 aromatic carbocycles. The smallest absolute Gasteiger partial charge is 0.293 e. The molecule has 0 atom stereocenters. The number of rotatable bonds is 5. The Morgan fingerprint density at radius 2 is 1.77 bits per heavy atom. The highest BCUT2D eigenvalue weighted by molar-refractivity contribution is 8.18. The molecule has 3 rings (SSSR count). The van der Waals surface area contributed by atoms with Crippen molar-refractivity contribution in [3.8, 4) is 5.75 Å². The van der Waals surface area contributed by atoms with Crippen molar-refractivity contribution >= 4 is 29.0 Å². The predicted molar refractivity (Wildman–Crippen MR) is 105 cm³/mol. The molecule has 2 amide bonds. The van der Waals surface area contributed by atoms with E-state index in [1.807, 2.05) is 69.3 Å². The van der Waals surface area contributed by atoms with Crippen molar-refractivity contribution in [2.75, 3.05) is 0 Å². The fourth-order valence-electron chi connectivity index (χ4n) is 2.61. The van der Waals surface area contributed by atoms with Crippen LogP contribution >= 0.6 is 11.8 Å². The Hall–Kier alpha value is -2.53. The first-order chi connectivity index (χ1) is 12.4. The van der Waals surface area contributed by atoms with Crippen LogP contribution in [0.5, 0.6) is 5.75 Å². The number of imide groups is 1. The lowest BCUT2D eigenvalue weighted by Gasteiger charge is -2.13. The van der Waals surface area contributed by atoms with E-state index in [-0.39, 0.29) is 23.8 Å². The molecule has 0 N–H and O–H groups in total. The van der Waals surface area contributed by atoms with Gasteiger partial charge in [0.15, 0.2) is 0 Å². The highest BCUT2D eigenvalue weighted by atomic mass is 32.2. The van der Waals surface area contributed by atoms with Gasteiger partial charge in [-0.05, 0) is 50.2 Å². The van der Waals surface area contributed by atoms with Gasteiger partial charge in [-0.25, -0.2) is 0 Å². The molecule has 0 unspecified atom stereocenters. The van der Waals surface area contributed by atoms with Crippen molar-refractivity contribution in [3.63, 3.8) is 0 Å². The topological polar surface area (TPSA) is 46.6 Å². The van der Waals surface area contributed by atoms with Gasteiger partial charge in [-0.1, -0.05) is 48.0 Å². The molecule has 134 valence electrons. The van der Waals surface area contributed by atoms with Gasteiger partial charge < -0.3 is 4.74 Å². The second-order valence-corrected chi connectivity index (χ2v) is 7.45. The van der Waals surface area contributed by atoms with Gasteiger partial charge in [0.1, 0.15) is 5.75 Å². The molecule has 1 aliphatic rings. The third kappa shape index (κ3) is 4.17. The van der Waals surface area contributed by atoms with Gasteiger partial charge >= 0.3 is 0 Å². The monoisotopic (exact) mass is 367 g/mol. The number of amides is 2. The first-order valence-electron chi connectivity index (χ1n) is 8.50. The SMILES string of the molecule is Cc1ccc(CN2C(=O)S/C(=C\c3ccccc3OC(C)C)C2=O)cc1. The molecule has 26 heavy (non-hydrogen) atoms. The van der Waals surface area contributed by atoms with E-state index >= 15 is 0 Å². The van der Waals surface area contributed by atoms with E-state index in [9.17, 15) is 9.59 Å². The Bertz CT molecular complexity index is 856. The van der Waals surface area contributed by atoms with Gasteiger partial charge in [-0.2, -0.15) is 0 Å². The molecule has 1 aliphatic heterocycles. The first-order valence-corrected chi connectivity index (χ1v) is 9.32. The summed E-state index contributed by atoms with van der Waals surface area (Å²) >= 11 is 0.970. The molecule has 1 fully saturated rings. The van der Waals surface area contributed by atoms with E-state index in [0.29, 0.717) is 10.7 Å². The normalized spacial score (nSPS) is 16.0. The number of carbonyl (C=O) groups excluding carboxylic acids is 2. The van der Waals surface area contributed by atoms with Gasteiger partial charge in [0.05, 0.1) is 17.6 Å². The van der Waals surface area contributed by atoms with E-state index in [1.165, 1.54) is 4.90 Å². The molecule has 0 saturated carbocycles. The molecule has 0 aliphatic carbocycles. The summed E-state index contributed by atoms with van der Waals surface area (Å²) in [4.78, 5) is 26.7. The second-order valence-electron chi connectivity index (χ2n) is 6.46. The van der Waals surface area contributed by atoms with Crippen LogP contribution in [0.1, 0.15) is 30.5 Å². The maximum Gasteiger partial charge on any atom is 0.293 e. The van der Waals surface area contributed by atoms with Crippen LogP contribution < -0.4 is 4.74 Å². The minimum atomic E-state index is -0.264. The van der Waals surface area contributed by atoms with E-state index in [4.69, 9.17) is 4.74 Å². The Kier molecular flexibility index (Phi) is 5.47. The average molecular weight is 367 g/mol. The lowest BCUT2D eigenvalue weighted by Crippen LogP contribution is -2.27. The third-order valence-corrected chi connectivity index (χ3v) is 4.81. The number of aryl methyl sites for hydroxylation is 1. The van der Waals surface area contributed by atoms with E-state index < -0.39 is 0 Å². The molecule has 5 heteroatoms. The van der Waals surface area contributed by atoms with Crippen molar-refractivity contribution in [1.29, 1.82) is 0 Å². The molecule has 0 bridgehead atoms. The molecule has 0 radical (unpaired) electrons. The zero-order valence-corrected chi connectivity index (χ0v) is 15.9. The number of hydrogen-bond donors (Lipinski definition) is 0. The summed E-state index contributed by atoms with van der Waals surface area (Å²) in [5, 5.41) is -0.246. The number of nitrogens with zero attached hydrogens (tertiary/aromatic N) is 1. The maximum atomic E-state index is 12.7. The van der Waals surface area contributed by atoms with Crippen LogP contribution in [0.3, 0.4) is 0 Å². The molecular formula is C21H21NO3S. The van der Waals surface area contributed by atoms with Crippen molar-refractivity contribution in [2.45, 2.75) is 33.4 Å². The number of hydrogen-bond acceptors (Lipinski definition) is 4. The van der Waals surface area contributed by atoms with Crippen LogP contribution in [-0.4, -0.2) is 22.2 Å². The molecule has 0 aromatic heterocycles. The molecule has 4 nitrogen and oxygen atoms in total. The average Bonchev–Trinajstić information content (AvgIpc) is 2.85. The molecule has 2 aromatic rings. The largest absolute Gasteiger partial charge is 0.490 e. The molecular weight excluding hydrogens is 346 g/mol. The summed E-state index contributed by atoms with van der Waals surface area (Å²) in [7, 11) is 0. The highest BCUT2D eigenvalue weighted by Crippen LogP contribution is 2.35. The van der Waals surface area contributed by atoms with E-state index in [2.05, 4.69) is 0 Å². The lowest BCUT2D eigenvalue weighted by atomic mass is 10.1. The third-order valence-electron chi connectivity index (χ3n) is 3.90. The van der Waals surface area contributed by atoms with Crippen molar-refractivity contribution in [2.24, 2.45) is 0 Å². The summed E-state index contributed by atoms with van der Waals surface area (Å²) < 4.78 is 5.79. The number of thioether (sulfide) groups is 1. The summed E-state index contributed by atoms with van der Waals surface area (Å²) in [6.45, 7) is 6.19.